The molecule has 0 heterocycles. The van der Waals surface area contributed by atoms with E-state index in [1.54, 1.807) is 13.8 Å². The Morgan fingerprint density at radius 1 is 1.20 bits per heavy atom. The molecule has 15 heavy (non-hydrogen) atoms. The number of rotatable bonds is 7. The van der Waals surface area contributed by atoms with Crippen molar-refractivity contribution < 1.29 is 19.3 Å². The molecule has 0 saturated carbocycles. The quantitative estimate of drug-likeness (QED) is 0.715. The van der Waals surface area contributed by atoms with E-state index in [0.717, 1.165) is 6.54 Å². The molecule has 6 heteroatoms. The van der Waals surface area contributed by atoms with E-state index in [-0.39, 0.29) is 7.43 Å². The monoisotopic (exact) mass is 260 g/mol. The predicted octanol–water partition coefficient (Wildman–Crippen LogP) is 2.80. The molecule has 0 spiro atoms. The molecule has 0 bridgehead atoms. The molecule has 4 nitrogen and oxygen atoms in total. The minimum absolute atomic E-state index is 0. The van der Waals surface area contributed by atoms with Crippen LogP contribution in [0.5, 0.6) is 0 Å². The van der Waals surface area contributed by atoms with E-state index in [1.807, 2.05) is 13.8 Å². The molecule has 0 aromatic carbocycles. The first-order valence-electron chi connectivity index (χ1n) is 5.01. The van der Waals surface area contributed by atoms with Crippen molar-refractivity contribution in [1.29, 1.82) is 0 Å². The molecule has 0 radical (unpaired) electrons. The second-order valence-electron chi connectivity index (χ2n) is 1.97. The lowest BCUT2D eigenvalue weighted by Crippen LogP contribution is -2.51. The molecule has 0 unspecified atom stereocenters. The van der Waals surface area contributed by atoms with E-state index in [0.29, 0.717) is 19.0 Å². The Balaban J connectivity index is -0.000000449. The molecule has 0 aromatic heterocycles. The summed E-state index contributed by atoms with van der Waals surface area (Å²) in [6, 6.07) is 0. The maximum absolute atomic E-state index is 11.7. The molecule has 3 N–H and O–H groups in total. The van der Waals surface area contributed by atoms with Crippen LogP contribution in [0.1, 0.15) is 35.1 Å². The highest BCUT2D eigenvalue weighted by molar-refractivity contribution is 8.55. The third-order valence-electron chi connectivity index (χ3n) is 0.968. The van der Waals surface area contributed by atoms with Crippen LogP contribution in [0.2, 0.25) is 0 Å². The van der Waals surface area contributed by atoms with Crippen molar-refractivity contribution in [1.82, 2.24) is 0 Å². The van der Waals surface area contributed by atoms with Crippen LogP contribution >= 0.6 is 18.2 Å². The molecule has 0 rings (SSSR count). The zero-order chi connectivity index (χ0) is 11.4. The Morgan fingerprint density at radius 3 is 1.87 bits per heavy atom. The zero-order valence-electron chi connectivity index (χ0n) is 9.62. The van der Waals surface area contributed by atoms with Crippen molar-refractivity contribution in [2.45, 2.75) is 35.1 Å². The smallest absolute Gasteiger partial charge is 0.357 e. The van der Waals surface area contributed by atoms with Crippen LogP contribution in [0.3, 0.4) is 0 Å². The topological polar surface area (TPSA) is 63.2 Å². The summed E-state index contributed by atoms with van der Waals surface area (Å²) in [5.74, 6) is 0.706. The molecular formula is C9H27NO3PS+. The van der Waals surface area contributed by atoms with Gasteiger partial charge in [0.2, 0.25) is 0 Å². The first-order chi connectivity index (χ1) is 6.68. The minimum Gasteiger partial charge on any atom is -0.357 e. The van der Waals surface area contributed by atoms with Gasteiger partial charge in [0.15, 0.2) is 0 Å². The van der Waals surface area contributed by atoms with Crippen molar-refractivity contribution in [3.63, 3.8) is 0 Å². The molecule has 0 aliphatic heterocycles. The predicted molar refractivity (Wildman–Crippen MR) is 69.2 cm³/mol. The third-order valence-corrected chi connectivity index (χ3v) is 5.03. The Kier molecular flexibility index (Phi) is 20.1. The van der Waals surface area contributed by atoms with Crippen LogP contribution in [-0.4, -0.2) is 25.5 Å². The standard InChI is InChI=1S/C6H16NO3PS.C2H6.CH4/c1-3-9-11(8,10-4-2)12-6-5-7;1-2;/h3-7H2,1-2H3;1-2H3;1H4/p+1. The van der Waals surface area contributed by atoms with Gasteiger partial charge in [-0.05, 0) is 25.2 Å². The van der Waals surface area contributed by atoms with Gasteiger partial charge < -0.3 is 14.8 Å². The third kappa shape index (κ3) is 12.4. The first kappa shape index (κ1) is 20.8. The van der Waals surface area contributed by atoms with E-state index >= 15 is 0 Å². The van der Waals surface area contributed by atoms with Gasteiger partial charge in [0.25, 0.3) is 0 Å². The van der Waals surface area contributed by atoms with Crippen molar-refractivity contribution >= 4 is 18.2 Å². The van der Waals surface area contributed by atoms with Crippen LogP contribution in [-0.2, 0) is 13.6 Å². The van der Waals surface area contributed by atoms with Crippen molar-refractivity contribution in [3.8, 4) is 0 Å². The van der Waals surface area contributed by atoms with Gasteiger partial charge in [-0.1, -0.05) is 21.3 Å². The van der Waals surface area contributed by atoms with Crippen LogP contribution < -0.4 is 5.73 Å². The van der Waals surface area contributed by atoms with Gasteiger partial charge >= 0.3 is 6.80 Å². The maximum Gasteiger partial charge on any atom is 0.389 e. The summed E-state index contributed by atoms with van der Waals surface area (Å²) < 4.78 is 21.7. The molecule has 0 aromatic rings. The van der Waals surface area contributed by atoms with Crippen LogP contribution in [0, 0.1) is 0 Å². The minimum atomic E-state index is -2.86. The van der Waals surface area contributed by atoms with E-state index < -0.39 is 6.80 Å². The normalized spacial score (nSPS) is 9.93. The van der Waals surface area contributed by atoms with Gasteiger partial charge in [0.05, 0.1) is 25.5 Å². The Labute approximate surface area is 98.6 Å². The highest BCUT2D eigenvalue weighted by Gasteiger charge is 2.23. The molecule has 0 fully saturated rings. The number of quaternary nitrogens is 1. The molecule has 0 aliphatic rings. The molecule has 0 amide bonds. The lowest BCUT2D eigenvalue weighted by molar-refractivity contribution is -0.360. The summed E-state index contributed by atoms with van der Waals surface area (Å²) >= 11 is 1.22. The highest BCUT2D eigenvalue weighted by atomic mass is 32.7. The average Bonchev–Trinajstić information content (AvgIpc) is 2.19. The summed E-state index contributed by atoms with van der Waals surface area (Å²) in [5, 5.41) is 0. The Morgan fingerprint density at radius 2 is 1.60 bits per heavy atom. The summed E-state index contributed by atoms with van der Waals surface area (Å²) in [7, 11) is 0. The van der Waals surface area contributed by atoms with Gasteiger partial charge in [-0.3, -0.25) is 0 Å². The van der Waals surface area contributed by atoms with Crippen LogP contribution in [0.4, 0.5) is 0 Å². The van der Waals surface area contributed by atoms with Gasteiger partial charge in [-0.2, -0.15) is 0 Å². The van der Waals surface area contributed by atoms with Crippen LogP contribution in [0.15, 0.2) is 0 Å². The van der Waals surface area contributed by atoms with Crippen molar-refractivity contribution in [2.24, 2.45) is 0 Å². The van der Waals surface area contributed by atoms with Crippen LogP contribution in [0.25, 0.3) is 0 Å². The fraction of sp³-hybridized carbons (Fsp3) is 1.00. The van der Waals surface area contributed by atoms with E-state index in [4.69, 9.17) is 9.05 Å². The van der Waals surface area contributed by atoms with E-state index in [1.165, 1.54) is 11.4 Å². The van der Waals surface area contributed by atoms with E-state index in [2.05, 4.69) is 5.73 Å². The fourth-order valence-corrected chi connectivity index (χ4v) is 3.95. The Bertz CT molecular complexity index is 148. The largest absolute Gasteiger partial charge is 0.389 e. The Hall–Kier alpha value is 0.460. The van der Waals surface area contributed by atoms with Gasteiger partial charge in [0.1, 0.15) is 0 Å². The van der Waals surface area contributed by atoms with Gasteiger partial charge in [-0.15, -0.1) is 0 Å². The van der Waals surface area contributed by atoms with E-state index in [9.17, 15) is 4.57 Å². The molecule has 0 aliphatic carbocycles. The SMILES string of the molecule is C.CC.CCOP(=O)(OCC)SCC[NH3+]. The lowest BCUT2D eigenvalue weighted by atomic mass is 10.8. The molecule has 96 valence electrons. The number of hydrogen-bond acceptors (Lipinski definition) is 4. The lowest BCUT2D eigenvalue weighted by Gasteiger charge is -2.14. The molecule has 0 saturated heterocycles. The summed E-state index contributed by atoms with van der Waals surface area (Å²) in [6.07, 6.45) is 0. The summed E-state index contributed by atoms with van der Waals surface area (Å²) in [5.41, 5.74) is 3.66. The van der Waals surface area contributed by atoms with Crippen molar-refractivity contribution in [2.75, 3.05) is 25.5 Å². The average molecular weight is 260 g/mol. The second-order valence-corrected chi connectivity index (χ2v) is 6.16. The maximum atomic E-state index is 11.7. The first-order valence-corrected chi connectivity index (χ1v) is 8.14. The highest BCUT2D eigenvalue weighted by Crippen LogP contribution is 2.60. The summed E-state index contributed by atoms with van der Waals surface area (Å²) in [6.45, 7) is 6.31. The van der Waals surface area contributed by atoms with Gasteiger partial charge in [-0.25, -0.2) is 4.57 Å². The zero-order valence-corrected chi connectivity index (χ0v) is 11.3. The van der Waals surface area contributed by atoms with Crippen molar-refractivity contribution in [3.05, 3.63) is 0 Å². The van der Waals surface area contributed by atoms with Gasteiger partial charge in [0, 0.05) is 0 Å². The molecular weight excluding hydrogens is 233 g/mol. The summed E-state index contributed by atoms with van der Waals surface area (Å²) in [4.78, 5) is 0. The number of hydrogen-bond donors (Lipinski definition) is 1. The fourth-order valence-electron chi connectivity index (χ4n) is 0.604. The molecule has 0 atom stereocenters. The second kappa shape index (κ2) is 14.5.